The van der Waals surface area contributed by atoms with Gasteiger partial charge in [0.1, 0.15) is 0 Å². The third-order valence-corrected chi connectivity index (χ3v) is 2.40. The molecule has 0 aliphatic heterocycles. The van der Waals surface area contributed by atoms with E-state index in [0.717, 1.165) is 0 Å². The molecule has 0 aliphatic rings. The second-order valence-corrected chi connectivity index (χ2v) is 3.69. The summed E-state index contributed by atoms with van der Waals surface area (Å²) in [4.78, 5) is 0. The van der Waals surface area contributed by atoms with Crippen LogP contribution < -0.4 is 0 Å². The van der Waals surface area contributed by atoms with Crippen LogP contribution in [0.2, 0.25) is 10.0 Å². The van der Waals surface area contributed by atoms with Gasteiger partial charge in [-0.15, -0.1) is 11.6 Å². The van der Waals surface area contributed by atoms with Gasteiger partial charge in [0.2, 0.25) is 0 Å². The largest absolute Gasteiger partial charge is 0.394 e. The third kappa shape index (κ3) is 2.27. The van der Waals surface area contributed by atoms with Gasteiger partial charge in [-0.05, 0) is 17.7 Å². The average molecular weight is 226 g/mol. The van der Waals surface area contributed by atoms with E-state index in [1.54, 1.807) is 18.2 Å². The first kappa shape index (κ1) is 10.1. The number of aliphatic hydroxyl groups is 1. The molecule has 66 valence electrons. The summed E-state index contributed by atoms with van der Waals surface area (Å²) < 4.78 is 0. The van der Waals surface area contributed by atoms with Crippen molar-refractivity contribution in [2.75, 3.05) is 6.61 Å². The number of aliphatic hydroxyl groups excluding tert-OH is 1. The first-order chi connectivity index (χ1) is 5.65. The Morgan fingerprint density at radius 3 is 2.50 bits per heavy atom. The fraction of sp³-hybridized carbons (Fsp3) is 0.250. The molecule has 1 atom stereocenters. The minimum atomic E-state index is -0.463. The van der Waals surface area contributed by atoms with Gasteiger partial charge in [0, 0.05) is 10.0 Å². The monoisotopic (exact) mass is 224 g/mol. The van der Waals surface area contributed by atoms with E-state index in [9.17, 15) is 0 Å². The van der Waals surface area contributed by atoms with Crippen molar-refractivity contribution in [3.8, 4) is 0 Å². The molecule has 1 aromatic carbocycles. The highest BCUT2D eigenvalue weighted by Crippen LogP contribution is 2.29. The lowest BCUT2D eigenvalue weighted by Gasteiger charge is -2.07. The summed E-state index contributed by atoms with van der Waals surface area (Å²) in [5, 5.41) is 9.34. The maximum Gasteiger partial charge on any atom is 0.0830 e. The van der Waals surface area contributed by atoms with E-state index >= 15 is 0 Å². The number of rotatable bonds is 2. The van der Waals surface area contributed by atoms with E-state index in [0.29, 0.717) is 15.6 Å². The van der Waals surface area contributed by atoms with Crippen LogP contribution in [0.1, 0.15) is 10.9 Å². The Hall–Kier alpha value is 0.0500. The minimum Gasteiger partial charge on any atom is -0.394 e. The number of alkyl halides is 1. The summed E-state index contributed by atoms with van der Waals surface area (Å²) in [6.07, 6.45) is 0. The van der Waals surface area contributed by atoms with Gasteiger partial charge >= 0.3 is 0 Å². The van der Waals surface area contributed by atoms with Gasteiger partial charge in [0.25, 0.3) is 0 Å². The van der Waals surface area contributed by atoms with Crippen molar-refractivity contribution in [3.63, 3.8) is 0 Å². The fourth-order valence-corrected chi connectivity index (χ4v) is 1.64. The molecule has 1 aromatic rings. The van der Waals surface area contributed by atoms with E-state index in [-0.39, 0.29) is 6.61 Å². The maximum atomic E-state index is 8.76. The van der Waals surface area contributed by atoms with Crippen molar-refractivity contribution in [2.45, 2.75) is 5.38 Å². The Kier molecular flexibility index (Phi) is 3.66. The zero-order valence-electron chi connectivity index (χ0n) is 6.10. The predicted octanol–water partition coefficient (Wildman–Crippen LogP) is 3.27. The minimum absolute atomic E-state index is 0.136. The Morgan fingerprint density at radius 2 is 2.00 bits per heavy atom. The second kappa shape index (κ2) is 4.33. The summed E-state index contributed by atoms with van der Waals surface area (Å²) in [6, 6.07) is 5.00. The second-order valence-electron chi connectivity index (χ2n) is 2.32. The van der Waals surface area contributed by atoms with E-state index in [2.05, 4.69) is 0 Å². The van der Waals surface area contributed by atoms with Gasteiger partial charge in [0.15, 0.2) is 0 Å². The van der Waals surface area contributed by atoms with Gasteiger partial charge < -0.3 is 5.11 Å². The highest BCUT2D eigenvalue weighted by molar-refractivity contribution is 6.35. The molecular weight excluding hydrogens is 218 g/mol. The van der Waals surface area contributed by atoms with E-state index in [1.807, 2.05) is 0 Å². The molecule has 0 amide bonds. The quantitative estimate of drug-likeness (QED) is 0.766. The SMILES string of the molecule is OC[C@H](Cl)c1ccc(Cl)cc1Cl. The van der Waals surface area contributed by atoms with Gasteiger partial charge in [0.05, 0.1) is 12.0 Å². The van der Waals surface area contributed by atoms with Gasteiger partial charge in [-0.25, -0.2) is 0 Å². The molecule has 0 saturated heterocycles. The molecule has 0 saturated carbocycles. The average Bonchev–Trinajstić information content (AvgIpc) is 2.03. The Morgan fingerprint density at radius 1 is 1.33 bits per heavy atom. The normalized spacial score (nSPS) is 13.0. The molecule has 1 rings (SSSR count). The van der Waals surface area contributed by atoms with Crippen molar-refractivity contribution in [3.05, 3.63) is 33.8 Å². The number of hydrogen-bond acceptors (Lipinski definition) is 1. The Labute approximate surface area is 85.9 Å². The molecule has 1 N–H and O–H groups in total. The molecule has 0 aromatic heterocycles. The molecule has 0 bridgehead atoms. The first-order valence-electron chi connectivity index (χ1n) is 3.35. The molecule has 0 aliphatic carbocycles. The predicted molar refractivity (Wildman–Crippen MR) is 52.1 cm³/mol. The lowest BCUT2D eigenvalue weighted by atomic mass is 10.1. The molecule has 1 nitrogen and oxygen atoms in total. The zero-order chi connectivity index (χ0) is 9.14. The molecule has 0 spiro atoms. The van der Waals surface area contributed by atoms with Crippen LogP contribution in [0.25, 0.3) is 0 Å². The van der Waals surface area contributed by atoms with Crippen LogP contribution in [0.5, 0.6) is 0 Å². The van der Waals surface area contributed by atoms with Crippen molar-refractivity contribution in [1.82, 2.24) is 0 Å². The maximum absolute atomic E-state index is 8.76. The van der Waals surface area contributed by atoms with Crippen LogP contribution >= 0.6 is 34.8 Å². The lowest BCUT2D eigenvalue weighted by Crippen LogP contribution is -1.96. The molecule has 0 fully saturated rings. The molecule has 12 heavy (non-hydrogen) atoms. The Balaban J connectivity index is 3.01. The standard InChI is InChI=1S/C8H7Cl3O/c9-5-1-2-6(7(10)3-5)8(11)4-12/h1-3,8,12H,4H2/t8-/m0/s1. The van der Waals surface area contributed by atoms with Crippen LogP contribution in [0.4, 0.5) is 0 Å². The van der Waals surface area contributed by atoms with Crippen LogP contribution in [0.3, 0.4) is 0 Å². The molecule has 0 unspecified atom stereocenters. The number of halogens is 3. The molecule has 0 radical (unpaired) electrons. The van der Waals surface area contributed by atoms with Gasteiger partial charge in [-0.3, -0.25) is 0 Å². The summed E-state index contributed by atoms with van der Waals surface area (Å²) in [5.41, 5.74) is 0.699. The van der Waals surface area contributed by atoms with Crippen LogP contribution in [0.15, 0.2) is 18.2 Å². The van der Waals surface area contributed by atoms with Crippen molar-refractivity contribution in [2.24, 2.45) is 0 Å². The summed E-state index contributed by atoms with van der Waals surface area (Å²) in [7, 11) is 0. The first-order valence-corrected chi connectivity index (χ1v) is 4.54. The van der Waals surface area contributed by atoms with Crippen molar-refractivity contribution in [1.29, 1.82) is 0 Å². The summed E-state index contributed by atoms with van der Waals surface area (Å²) >= 11 is 17.3. The van der Waals surface area contributed by atoms with Crippen molar-refractivity contribution >= 4 is 34.8 Å². The Bertz CT molecular complexity index is 275. The highest BCUT2D eigenvalue weighted by Gasteiger charge is 2.10. The summed E-state index contributed by atoms with van der Waals surface area (Å²) in [6.45, 7) is -0.136. The van der Waals surface area contributed by atoms with Gasteiger partial charge in [-0.1, -0.05) is 29.3 Å². The van der Waals surface area contributed by atoms with Crippen LogP contribution in [-0.4, -0.2) is 11.7 Å². The lowest BCUT2D eigenvalue weighted by molar-refractivity contribution is 0.294. The van der Waals surface area contributed by atoms with Gasteiger partial charge in [-0.2, -0.15) is 0 Å². The molecule has 4 heteroatoms. The van der Waals surface area contributed by atoms with Crippen LogP contribution in [0, 0.1) is 0 Å². The third-order valence-electron chi connectivity index (χ3n) is 1.46. The van der Waals surface area contributed by atoms with Crippen molar-refractivity contribution < 1.29 is 5.11 Å². The zero-order valence-corrected chi connectivity index (χ0v) is 8.37. The number of hydrogen-bond donors (Lipinski definition) is 1. The molecule has 0 heterocycles. The van der Waals surface area contributed by atoms with Crippen LogP contribution in [-0.2, 0) is 0 Å². The number of benzene rings is 1. The smallest absolute Gasteiger partial charge is 0.0830 e. The highest BCUT2D eigenvalue weighted by atomic mass is 35.5. The molecular formula is C8H7Cl3O. The van der Waals surface area contributed by atoms with E-state index in [1.165, 1.54) is 0 Å². The van der Waals surface area contributed by atoms with E-state index in [4.69, 9.17) is 39.9 Å². The summed E-state index contributed by atoms with van der Waals surface area (Å²) in [5.74, 6) is 0. The fourth-order valence-electron chi connectivity index (χ4n) is 0.854. The topological polar surface area (TPSA) is 20.2 Å². The van der Waals surface area contributed by atoms with E-state index < -0.39 is 5.38 Å².